The zero-order valence-electron chi connectivity index (χ0n) is 13.0. The van der Waals surface area contributed by atoms with Gasteiger partial charge in [0.15, 0.2) is 5.43 Å². The fraction of sp³-hybridized carbons (Fsp3) is 0. The molecule has 5 nitrogen and oxygen atoms in total. The van der Waals surface area contributed by atoms with Gasteiger partial charge in [-0.3, -0.25) is 9.52 Å². The first kappa shape index (κ1) is 15.4. The van der Waals surface area contributed by atoms with Crippen LogP contribution in [0.1, 0.15) is 0 Å². The van der Waals surface area contributed by atoms with Crippen molar-refractivity contribution in [3.8, 4) is 0 Å². The summed E-state index contributed by atoms with van der Waals surface area (Å²) in [5.41, 5.74) is 0.479. The van der Waals surface area contributed by atoms with Gasteiger partial charge in [-0.25, -0.2) is 8.42 Å². The number of nitrogens with one attached hydrogen (secondary N) is 1. The van der Waals surface area contributed by atoms with E-state index in [-0.39, 0.29) is 10.3 Å². The van der Waals surface area contributed by atoms with Gasteiger partial charge in [0, 0.05) is 17.1 Å². The maximum atomic E-state index is 12.8. The molecule has 0 aliphatic heterocycles. The minimum absolute atomic E-state index is 0.186. The predicted octanol–water partition coefficient (Wildman–Crippen LogP) is 3.75. The molecule has 25 heavy (non-hydrogen) atoms. The van der Waals surface area contributed by atoms with Gasteiger partial charge in [0.05, 0.1) is 16.5 Å². The van der Waals surface area contributed by atoms with Crippen LogP contribution in [0.5, 0.6) is 0 Å². The van der Waals surface area contributed by atoms with Gasteiger partial charge in [-0.15, -0.1) is 0 Å². The largest absolute Gasteiger partial charge is 0.464 e. The van der Waals surface area contributed by atoms with E-state index in [4.69, 9.17) is 4.42 Å². The second-order valence-electron chi connectivity index (χ2n) is 5.58. The molecule has 0 bridgehead atoms. The van der Waals surface area contributed by atoms with Gasteiger partial charge in [0.25, 0.3) is 10.0 Å². The Balaban J connectivity index is 1.81. The molecule has 1 N–H and O–H groups in total. The third kappa shape index (κ3) is 2.77. The molecule has 0 amide bonds. The summed E-state index contributed by atoms with van der Waals surface area (Å²) in [6, 6.07) is 18.3. The topological polar surface area (TPSA) is 76.4 Å². The summed E-state index contributed by atoms with van der Waals surface area (Å²) in [4.78, 5) is 12.1. The number of rotatable bonds is 3. The summed E-state index contributed by atoms with van der Waals surface area (Å²) in [7, 11) is -3.80. The zero-order chi connectivity index (χ0) is 17.4. The Labute approximate surface area is 143 Å². The SMILES string of the molecule is O=c1ccoc2ccc(NS(=O)(=O)c3cccc4ccccc34)cc12. The second kappa shape index (κ2) is 5.75. The molecule has 4 rings (SSSR count). The van der Waals surface area contributed by atoms with E-state index >= 15 is 0 Å². The van der Waals surface area contributed by atoms with E-state index in [9.17, 15) is 13.2 Å². The Morgan fingerprint density at radius 3 is 2.52 bits per heavy atom. The molecule has 0 spiro atoms. The molecule has 0 aliphatic carbocycles. The molecule has 4 aromatic rings. The Kier molecular flexibility index (Phi) is 3.54. The maximum absolute atomic E-state index is 12.8. The highest BCUT2D eigenvalue weighted by atomic mass is 32.2. The first-order chi connectivity index (χ1) is 12.0. The number of anilines is 1. The minimum atomic E-state index is -3.80. The molecule has 3 aromatic carbocycles. The van der Waals surface area contributed by atoms with Gasteiger partial charge in [-0.1, -0.05) is 36.4 Å². The van der Waals surface area contributed by atoms with Crippen molar-refractivity contribution in [3.63, 3.8) is 0 Å². The monoisotopic (exact) mass is 351 g/mol. The zero-order valence-corrected chi connectivity index (χ0v) is 13.8. The summed E-state index contributed by atoms with van der Waals surface area (Å²) < 4.78 is 33.4. The number of sulfonamides is 1. The van der Waals surface area contributed by atoms with Gasteiger partial charge in [0.2, 0.25) is 0 Å². The highest BCUT2D eigenvalue weighted by Gasteiger charge is 2.17. The van der Waals surface area contributed by atoms with Crippen molar-refractivity contribution in [1.29, 1.82) is 0 Å². The van der Waals surface area contributed by atoms with E-state index < -0.39 is 10.0 Å². The van der Waals surface area contributed by atoms with E-state index in [1.807, 2.05) is 18.2 Å². The lowest BCUT2D eigenvalue weighted by molar-refractivity contribution is 0.600. The molecular weight excluding hydrogens is 338 g/mol. The van der Waals surface area contributed by atoms with Crippen molar-refractivity contribution in [2.45, 2.75) is 4.90 Å². The van der Waals surface area contributed by atoms with Crippen LogP contribution in [0.15, 0.2) is 87.1 Å². The van der Waals surface area contributed by atoms with Crippen molar-refractivity contribution in [1.82, 2.24) is 0 Å². The molecule has 0 unspecified atom stereocenters. The van der Waals surface area contributed by atoms with Crippen LogP contribution in [-0.2, 0) is 10.0 Å². The van der Waals surface area contributed by atoms with Crippen LogP contribution in [0.2, 0.25) is 0 Å². The summed E-state index contributed by atoms with van der Waals surface area (Å²) >= 11 is 0. The molecular formula is C19H13NO4S. The van der Waals surface area contributed by atoms with Crippen LogP contribution in [0.25, 0.3) is 21.7 Å². The van der Waals surface area contributed by atoms with E-state index in [0.29, 0.717) is 22.0 Å². The average molecular weight is 351 g/mol. The fourth-order valence-electron chi connectivity index (χ4n) is 2.79. The van der Waals surface area contributed by atoms with Crippen molar-refractivity contribution in [3.05, 3.63) is 83.2 Å². The molecule has 0 saturated heterocycles. The predicted molar refractivity (Wildman–Crippen MR) is 97.2 cm³/mol. The molecule has 0 fully saturated rings. The Bertz CT molecular complexity index is 1250. The first-order valence-electron chi connectivity index (χ1n) is 7.57. The van der Waals surface area contributed by atoms with E-state index in [2.05, 4.69) is 4.72 Å². The maximum Gasteiger partial charge on any atom is 0.262 e. The Hall–Kier alpha value is -3.12. The highest BCUT2D eigenvalue weighted by molar-refractivity contribution is 7.93. The average Bonchev–Trinajstić information content (AvgIpc) is 2.61. The second-order valence-corrected chi connectivity index (χ2v) is 7.23. The molecule has 124 valence electrons. The molecule has 0 saturated carbocycles. The van der Waals surface area contributed by atoms with E-state index in [0.717, 1.165) is 5.39 Å². The van der Waals surface area contributed by atoms with Crippen molar-refractivity contribution < 1.29 is 12.8 Å². The van der Waals surface area contributed by atoms with Crippen LogP contribution in [-0.4, -0.2) is 8.42 Å². The van der Waals surface area contributed by atoms with Gasteiger partial charge in [0.1, 0.15) is 5.58 Å². The van der Waals surface area contributed by atoms with E-state index in [1.165, 1.54) is 18.4 Å². The van der Waals surface area contributed by atoms with Crippen molar-refractivity contribution in [2.24, 2.45) is 0 Å². The number of hydrogen-bond donors (Lipinski definition) is 1. The lowest BCUT2D eigenvalue weighted by Gasteiger charge is -2.11. The first-order valence-corrected chi connectivity index (χ1v) is 9.05. The summed E-state index contributed by atoms with van der Waals surface area (Å²) in [6.07, 6.45) is 1.31. The molecule has 1 aromatic heterocycles. The quantitative estimate of drug-likeness (QED) is 0.610. The molecule has 6 heteroatoms. The molecule has 1 heterocycles. The molecule has 0 aliphatic rings. The van der Waals surface area contributed by atoms with Gasteiger partial charge >= 0.3 is 0 Å². The van der Waals surface area contributed by atoms with Gasteiger partial charge in [-0.2, -0.15) is 0 Å². The van der Waals surface area contributed by atoms with Crippen LogP contribution in [0, 0.1) is 0 Å². The van der Waals surface area contributed by atoms with Crippen molar-refractivity contribution >= 4 is 37.5 Å². The summed E-state index contributed by atoms with van der Waals surface area (Å²) in [6.45, 7) is 0. The smallest absolute Gasteiger partial charge is 0.262 e. The van der Waals surface area contributed by atoms with Gasteiger partial charge in [-0.05, 0) is 29.7 Å². The number of benzene rings is 3. The normalized spacial score (nSPS) is 11.7. The number of hydrogen-bond acceptors (Lipinski definition) is 4. The number of fused-ring (bicyclic) bond motifs is 2. The highest BCUT2D eigenvalue weighted by Crippen LogP contribution is 2.25. The lowest BCUT2D eigenvalue weighted by atomic mass is 10.1. The van der Waals surface area contributed by atoms with Crippen LogP contribution < -0.4 is 10.2 Å². The minimum Gasteiger partial charge on any atom is -0.464 e. The molecule has 0 atom stereocenters. The van der Waals surface area contributed by atoms with Crippen LogP contribution in [0.4, 0.5) is 5.69 Å². The Morgan fingerprint density at radius 1 is 0.840 bits per heavy atom. The summed E-state index contributed by atoms with van der Waals surface area (Å²) in [5, 5.41) is 1.79. The van der Waals surface area contributed by atoms with Crippen molar-refractivity contribution in [2.75, 3.05) is 4.72 Å². The van der Waals surface area contributed by atoms with Gasteiger partial charge < -0.3 is 4.42 Å². The Morgan fingerprint density at radius 2 is 1.64 bits per heavy atom. The van der Waals surface area contributed by atoms with Crippen LogP contribution >= 0.6 is 0 Å². The van der Waals surface area contributed by atoms with Crippen LogP contribution in [0.3, 0.4) is 0 Å². The summed E-state index contributed by atoms with van der Waals surface area (Å²) in [5.74, 6) is 0. The van der Waals surface area contributed by atoms with E-state index in [1.54, 1.807) is 36.4 Å². The lowest BCUT2D eigenvalue weighted by Crippen LogP contribution is -2.13. The third-order valence-corrected chi connectivity index (χ3v) is 5.39. The standard InChI is InChI=1S/C19H13NO4S/c21-17-10-11-24-18-9-8-14(12-16(17)18)20-25(22,23)19-7-3-5-13-4-1-2-6-15(13)19/h1-12,20H. The fourth-order valence-corrected chi connectivity index (χ4v) is 4.07. The third-order valence-electron chi connectivity index (χ3n) is 3.95. The molecule has 0 radical (unpaired) electrons.